The number of aliphatic imine (C=N–C) groups is 1. The fraction of sp³-hybridized carbons (Fsp3) is 0.588. The first-order chi connectivity index (χ1) is 10.7. The number of anilines is 1. The van der Waals surface area contributed by atoms with Crippen molar-refractivity contribution in [3.8, 4) is 5.75 Å². The maximum atomic E-state index is 5.96. The van der Waals surface area contributed by atoms with Crippen molar-refractivity contribution in [1.29, 1.82) is 0 Å². The van der Waals surface area contributed by atoms with Crippen LogP contribution in [0.2, 0.25) is 0 Å². The zero-order valence-electron chi connectivity index (χ0n) is 13.7. The summed E-state index contributed by atoms with van der Waals surface area (Å²) in [4.78, 5) is 6.99. The van der Waals surface area contributed by atoms with E-state index in [0.717, 1.165) is 24.5 Å². The zero-order chi connectivity index (χ0) is 15.8. The van der Waals surface area contributed by atoms with Gasteiger partial charge in [-0.3, -0.25) is 4.99 Å². The van der Waals surface area contributed by atoms with Crippen molar-refractivity contribution >= 4 is 11.6 Å². The van der Waals surface area contributed by atoms with Crippen LogP contribution in [0.25, 0.3) is 0 Å². The molecule has 0 aliphatic carbocycles. The van der Waals surface area contributed by atoms with Crippen LogP contribution < -0.4 is 15.8 Å². The Bertz CT molecular complexity index is 483. The Kier molecular flexibility index (Phi) is 6.52. The van der Waals surface area contributed by atoms with Gasteiger partial charge in [0.1, 0.15) is 5.75 Å². The van der Waals surface area contributed by atoms with Gasteiger partial charge in [0.15, 0.2) is 5.96 Å². The molecule has 122 valence electrons. The van der Waals surface area contributed by atoms with Crippen LogP contribution in [0.4, 0.5) is 5.69 Å². The number of rotatable bonds is 6. The predicted molar refractivity (Wildman–Crippen MR) is 92.6 cm³/mol. The SMILES string of the molecule is COc1cccc(NC(N)=NCC(C)CN2CCCCC2)c1. The van der Waals surface area contributed by atoms with Crippen molar-refractivity contribution in [1.82, 2.24) is 4.90 Å². The maximum Gasteiger partial charge on any atom is 0.193 e. The van der Waals surface area contributed by atoms with E-state index in [1.807, 2.05) is 24.3 Å². The van der Waals surface area contributed by atoms with Crippen LogP contribution in [-0.4, -0.2) is 44.1 Å². The van der Waals surface area contributed by atoms with Gasteiger partial charge < -0.3 is 20.7 Å². The van der Waals surface area contributed by atoms with E-state index >= 15 is 0 Å². The standard InChI is InChI=1S/C17H28N4O/c1-14(13-21-9-4-3-5-10-21)12-19-17(18)20-15-7-6-8-16(11-15)22-2/h6-8,11,14H,3-5,9-10,12-13H2,1-2H3,(H3,18,19,20). The van der Waals surface area contributed by atoms with Gasteiger partial charge >= 0.3 is 0 Å². The van der Waals surface area contributed by atoms with Crippen LogP contribution >= 0.6 is 0 Å². The van der Waals surface area contributed by atoms with E-state index in [-0.39, 0.29) is 0 Å². The van der Waals surface area contributed by atoms with Gasteiger partial charge in [0, 0.05) is 24.8 Å². The molecule has 0 amide bonds. The molecule has 0 saturated carbocycles. The van der Waals surface area contributed by atoms with E-state index in [0.29, 0.717) is 11.9 Å². The lowest BCUT2D eigenvalue weighted by Crippen LogP contribution is -2.34. The number of ether oxygens (including phenoxy) is 1. The van der Waals surface area contributed by atoms with E-state index in [4.69, 9.17) is 10.5 Å². The first-order valence-corrected chi connectivity index (χ1v) is 8.10. The summed E-state index contributed by atoms with van der Waals surface area (Å²) in [6.07, 6.45) is 4.03. The average Bonchev–Trinajstić information content (AvgIpc) is 2.54. The van der Waals surface area contributed by atoms with Crippen molar-refractivity contribution in [2.45, 2.75) is 26.2 Å². The first kappa shape index (κ1) is 16.6. The van der Waals surface area contributed by atoms with Gasteiger partial charge in [0.05, 0.1) is 7.11 Å². The van der Waals surface area contributed by atoms with Crippen molar-refractivity contribution in [2.24, 2.45) is 16.6 Å². The Morgan fingerprint density at radius 3 is 2.86 bits per heavy atom. The van der Waals surface area contributed by atoms with E-state index in [2.05, 4.69) is 22.1 Å². The topological polar surface area (TPSA) is 62.9 Å². The molecule has 1 unspecified atom stereocenters. The van der Waals surface area contributed by atoms with Gasteiger partial charge in [0.25, 0.3) is 0 Å². The van der Waals surface area contributed by atoms with Crippen LogP contribution in [0.1, 0.15) is 26.2 Å². The Morgan fingerprint density at radius 1 is 1.36 bits per heavy atom. The summed E-state index contributed by atoms with van der Waals surface area (Å²) >= 11 is 0. The molecular weight excluding hydrogens is 276 g/mol. The van der Waals surface area contributed by atoms with Gasteiger partial charge in [0.2, 0.25) is 0 Å². The second-order valence-corrected chi connectivity index (χ2v) is 6.05. The summed E-state index contributed by atoms with van der Waals surface area (Å²) in [6, 6.07) is 7.67. The highest BCUT2D eigenvalue weighted by Crippen LogP contribution is 2.16. The molecule has 5 heteroatoms. The van der Waals surface area contributed by atoms with Crippen molar-refractivity contribution < 1.29 is 4.74 Å². The minimum Gasteiger partial charge on any atom is -0.497 e. The molecule has 1 aliphatic rings. The Labute approximate surface area is 133 Å². The Morgan fingerprint density at radius 2 is 2.14 bits per heavy atom. The number of likely N-dealkylation sites (tertiary alicyclic amines) is 1. The lowest BCUT2D eigenvalue weighted by molar-refractivity contribution is 0.203. The summed E-state index contributed by atoms with van der Waals surface area (Å²) in [5.74, 6) is 1.78. The van der Waals surface area contributed by atoms with Crippen LogP contribution in [0.5, 0.6) is 5.75 Å². The molecule has 1 fully saturated rings. The molecule has 1 saturated heterocycles. The molecule has 1 aromatic carbocycles. The van der Waals surface area contributed by atoms with Crippen LogP contribution in [-0.2, 0) is 0 Å². The number of guanidine groups is 1. The smallest absolute Gasteiger partial charge is 0.193 e. The quantitative estimate of drug-likeness (QED) is 0.626. The molecule has 1 heterocycles. The van der Waals surface area contributed by atoms with E-state index < -0.39 is 0 Å². The number of hydrogen-bond donors (Lipinski definition) is 2. The molecule has 0 aromatic heterocycles. The third-order valence-electron chi connectivity index (χ3n) is 3.93. The summed E-state index contributed by atoms with van der Waals surface area (Å²) < 4.78 is 5.19. The van der Waals surface area contributed by atoms with E-state index in [1.165, 1.54) is 32.4 Å². The highest BCUT2D eigenvalue weighted by Gasteiger charge is 2.13. The average molecular weight is 304 g/mol. The molecule has 0 radical (unpaired) electrons. The van der Waals surface area contributed by atoms with Crippen molar-refractivity contribution in [2.75, 3.05) is 38.6 Å². The summed E-state index contributed by atoms with van der Waals surface area (Å²) in [5.41, 5.74) is 6.86. The largest absolute Gasteiger partial charge is 0.497 e. The van der Waals surface area contributed by atoms with Crippen LogP contribution in [0.3, 0.4) is 0 Å². The maximum absolute atomic E-state index is 5.96. The molecule has 3 N–H and O–H groups in total. The Balaban J connectivity index is 1.78. The van der Waals surface area contributed by atoms with Crippen molar-refractivity contribution in [3.63, 3.8) is 0 Å². The number of piperidine rings is 1. The van der Waals surface area contributed by atoms with Crippen LogP contribution in [0.15, 0.2) is 29.3 Å². The molecule has 2 rings (SSSR count). The predicted octanol–water partition coefficient (Wildman–Crippen LogP) is 2.54. The number of nitrogens with zero attached hydrogens (tertiary/aromatic N) is 2. The van der Waals surface area contributed by atoms with Gasteiger partial charge in [-0.1, -0.05) is 19.4 Å². The molecule has 5 nitrogen and oxygen atoms in total. The second-order valence-electron chi connectivity index (χ2n) is 6.05. The fourth-order valence-electron chi connectivity index (χ4n) is 2.78. The van der Waals surface area contributed by atoms with Crippen molar-refractivity contribution in [3.05, 3.63) is 24.3 Å². The van der Waals surface area contributed by atoms with Gasteiger partial charge in [-0.2, -0.15) is 0 Å². The number of methoxy groups -OCH3 is 1. The summed E-state index contributed by atoms with van der Waals surface area (Å²) in [6.45, 7) is 6.55. The lowest BCUT2D eigenvalue weighted by Gasteiger charge is -2.28. The molecule has 1 atom stereocenters. The first-order valence-electron chi connectivity index (χ1n) is 8.10. The third kappa shape index (κ3) is 5.56. The lowest BCUT2D eigenvalue weighted by atomic mass is 10.1. The van der Waals surface area contributed by atoms with E-state index in [1.54, 1.807) is 7.11 Å². The van der Waals surface area contributed by atoms with Gasteiger partial charge in [-0.15, -0.1) is 0 Å². The molecule has 0 bridgehead atoms. The Hall–Kier alpha value is -1.75. The second kappa shape index (κ2) is 8.63. The summed E-state index contributed by atoms with van der Waals surface area (Å²) in [7, 11) is 1.65. The number of benzene rings is 1. The highest BCUT2D eigenvalue weighted by atomic mass is 16.5. The van der Waals surface area contributed by atoms with Gasteiger partial charge in [-0.05, 0) is 44.0 Å². The van der Waals surface area contributed by atoms with Crippen LogP contribution in [0, 0.1) is 5.92 Å². The number of hydrogen-bond acceptors (Lipinski definition) is 3. The molecule has 1 aromatic rings. The van der Waals surface area contributed by atoms with Gasteiger partial charge in [-0.25, -0.2) is 0 Å². The normalized spacial score (nSPS) is 18.0. The zero-order valence-corrected chi connectivity index (χ0v) is 13.7. The fourth-order valence-corrected chi connectivity index (χ4v) is 2.78. The van der Waals surface area contributed by atoms with E-state index in [9.17, 15) is 0 Å². The monoisotopic (exact) mass is 304 g/mol. The third-order valence-corrected chi connectivity index (χ3v) is 3.93. The molecule has 0 spiro atoms. The molecule has 1 aliphatic heterocycles. The molecule has 22 heavy (non-hydrogen) atoms. The number of nitrogens with one attached hydrogen (secondary N) is 1. The minimum absolute atomic E-state index is 0.457. The molecular formula is C17H28N4O. The summed E-state index contributed by atoms with van der Waals surface area (Å²) in [5, 5.41) is 3.11. The minimum atomic E-state index is 0.457. The highest BCUT2D eigenvalue weighted by molar-refractivity contribution is 5.92. The number of nitrogens with two attached hydrogens (primary N) is 1.